The molecule has 14 nitrogen and oxygen atoms in total. The van der Waals surface area contributed by atoms with Gasteiger partial charge in [-0.05, 0) is 200 Å². The second-order valence-electron chi connectivity index (χ2n) is 32.2. The van der Waals surface area contributed by atoms with Gasteiger partial charge in [0.1, 0.15) is 17.5 Å². The van der Waals surface area contributed by atoms with Crippen molar-refractivity contribution >= 4 is 78.4 Å². The quantitative estimate of drug-likeness (QED) is 0.0251. The van der Waals surface area contributed by atoms with Crippen LogP contribution in [0, 0.1) is 10.8 Å². The van der Waals surface area contributed by atoms with Crippen LogP contribution in [0.25, 0.3) is 0 Å². The van der Waals surface area contributed by atoms with E-state index in [-0.39, 0.29) is 39.8 Å². The average Bonchev–Trinajstić information content (AvgIpc) is 0.763. The molecule has 8 rings (SSSR count). The molecule has 3 atom stereocenters. The maximum atomic E-state index is 13.5. The molecule has 0 saturated heterocycles. The molecule has 2 aliphatic heterocycles. The number of rotatable bonds is 25. The van der Waals surface area contributed by atoms with E-state index in [2.05, 4.69) is 226 Å². The van der Waals surface area contributed by atoms with Crippen molar-refractivity contribution < 1.29 is 56.8 Å². The fourth-order valence-corrected chi connectivity index (χ4v) is 24.2. The number of carbonyl (C=O) groups is 3. The third kappa shape index (κ3) is 21.9. The summed E-state index contributed by atoms with van der Waals surface area (Å²) in [6.07, 6.45) is 4.43. The summed E-state index contributed by atoms with van der Waals surface area (Å²) in [7, 11) is 1.29. The molecule has 0 saturated carbocycles. The van der Waals surface area contributed by atoms with Crippen molar-refractivity contribution in [2.75, 3.05) is 54.7 Å². The Morgan fingerprint density at radius 2 is 0.832 bits per heavy atom. The summed E-state index contributed by atoms with van der Waals surface area (Å²) >= 11 is 2.34. The lowest BCUT2D eigenvalue weighted by atomic mass is 9.80. The first-order valence-corrected chi connectivity index (χ1v) is 40.3. The Balaban J connectivity index is 0.000000264. The third-order valence-electron chi connectivity index (χ3n) is 18.9. The van der Waals surface area contributed by atoms with Crippen LogP contribution < -0.4 is 39.7 Å². The molecule has 6 aromatic carbocycles. The van der Waals surface area contributed by atoms with E-state index in [1.54, 1.807) is 38.2 Å². The van der Waals surface area contributed by atoms with Crippen molar-refractivity contribution in [3.05, 3.63) is 190 Å². The van der Waals surface area contributed by atoms with Gasteiger partial charge in [-0.15, -0.1) is 0 Å². The average molecular weight is 1530 g/mol. The molecule has 0 spiro atoms. The number of allylic oxidation sites excluding steroid dienone is 1. The summed E-state index contributed by atoms with van der Waals surface area (Å²) in [5.74, 6) is 2.45. The smallest absolute Gasteiger partial charge is 0.410 e. The van der Waals surface area contributed by atoms with Gasteiger partial charge in [0.2, 0.25) is 0 Å². The monoisotopic (exact) mass is 1530 g/mol. The number of carbonyl (C=O) groups excluding carboxylic acids is 3. The molecule has 1 N–H and O–H groups in total. The fourth-order valence-electron chi connectivity index (χ4n) is 14.0. The molecule has 2 aliphatic rings. The van der Waals surface area contributed by atoms with Crippen molar-refractivity contribution in [2.45, 2.75) is 202 Å². The van der Waals surface area contributed by atoms with Crippen molar-refractivity contribution in [2.24, 2.45) is 10.8 Å². The largest absolute Gasteiger partial charge is 0.493 e. The SMILES string of the molecule is C=C(CC(C)(C)CCO[Si](c1ccccc1)(c1ccccc1)C(C)(C)C)C(O)C[C@@H]1c2cc(OC)c(OC)cc2CCN1C(=O)OC(C)(C)C.C=C(I)CC(C)(C)CCO[Si](c1ccccc1)(c1ccccc1)C(C)(C)C.COc1cc2c(cc1OC)[C@@H](CC=O)N(C(=O)OC(C)(C)C)CC2. The van der Waals surface area contributed by atoms with Crippen LogP contribution in [-0.2, 0) is 36.0 Å². The number of benzene rings is 6. The van der Waals surface area contributed by atoms with Gasteiger partial charge >= 0.3 is 12.2 Å². The van der Waals surface area contributed by atoms with Crippen LogP contribution in [0.5, 0.6) is 23.0 Å². The van der Waals surface area contributed by atoms with Crippen LogP contribution in [0.4, 0.5) is 9.59 Å². The van der Waals surface area contributed by atoms with Crippen LogP contribution in [-0.4, -0.2) is 122 Å². The van der Waals surface area contributed by atoms with E-state index in [9.17, 15) is 19.5 Å². The van der Waals surface area contributed by atoms with Gasteiger partial charge < -0.3 is 57.0 Å². The molecule has 6 aromatic rings. The van der Waals surface area contributed by atoms with Gasteiger partial charge in [-0.3, -0.25) is 0 Å². The zero-order valence-corrected chi connectivity index (χ0v) is 68.4. The standard InChI is InChI=1S/C42H59NO6Si.C24H33IOSi.C18H25NO5/c1-30(29-42(8,9)23-25-48-50(41(5,6)7,32-18-14-12-15-19-32)33-20-16-13-17-21-33)36(44)28-35-34-27-38(47-11)37(46-10)26-31(34)22-24-43(35)39(45)49-40(2,3)4;1-20(25)19-24(5,6)17-18-26-27(23(2,3)4,21-13-9-7-10-14-21)22-15-11-8-12-16-22;1-18(2,3)24-17(21)19-8-6-12-10-15(22-4)16(23-5)11-13(12)14(19)7-9-20/h12-21,26-27,35-36,44H,1,22-25,28-29H2,2-11H3;7-16H,1,17-19H2,2-6H3;9-11,14H,6-8H2,1-5H3/t35-,36?;;14-/m1.1/s1. The minimum atomic E-state index is -2.66. The molecule has 550 valence electrons. The van der Waals surface area contributed by atoms with Gasteiger partial charge in [0, 0.05) is 39.1 Å². The Bertz CT molecular complexity index is 3590. The number of hydrogen-bond acceptors (Lipinski definition) is 12. The first-order chi connectivity index (χ1) is 47.3. The van der Waals surface area contributed by atoms with Gasteiger partial charge in [0.05, 0.1) is 46.6 Å². The fraction of sp³-hybridized carbons (Fsp3) is 0.488. The van der Waals surface area contributed by atoms with Crippen LogP contribution >= 0.6 is 22.6 Å². The molecule has 0 radical (unpaired) electrons. The first-order valence-electron chi connectivity index (χ1n) is 35.4. The second kappa shape index (κ2) is 35.6. The van der Waals surface area contributed by atoms with Gasteiger partial charge in [0.15, 0.2) is 23.0 Å². The lowest BCUT2D eigenvalue weighted by Crippen LogP contribution is -2.66. The van der Waals surface area contributed by atoms with Gasteiger partial charge in [-0.25, -0.2) is 9.59 Å². The van der Waals surface area contributed by atoms with Gasteiger partial charge in [0.25, 0.3) is 16.6 Å². The topological polar surface area (TPSA) is 152 Å². The molecule has 101 heavy (non-hydrogen) atoms. The Morgan fingerprint density at radius 3 is 1.14 bits per heavy atom. The highest BCUT2D eigenvalue weighted by atomic mass is 127. The molecule has 2 heterocycles. The Hall–Kier alpha value is -6.75. The highest BCUT2D eigenvalue weighted by Crippen LogP contribution is 2.45. The number of halogens is 1. The summed E-state index contributed by atoms with van der Waals surface area (Å²) in [6.45, 7) is 44.7. The van der Waals surface area contributed by atoms with E-state index < -0.39 is 52.2 Å². The van der Waals surface area contributed by atoms with Crippen molar-refractivity contribution in [3.63, 3.8) is 0 Å². The van der Waals surface area contributed by atoms with Gasteiger partial charge in [-0.2, -0.15) is 0 Å². The molecule has 17 heteroatoms. The summed E-state index contributed by atoms with van der Waals surface area (Å²) in [5.41, 5.74) is 3.44. The van der Waals surface area contributed by atoms with E-state index in [0.717, 1.165) is 60.0 Å². The predicted molar refractivity (Wildman–Crippen MR) is 425 cm³/mol. The van der Waals surface area contributed by atoms with Crippen molar-refractivity contribution in [1.29, 1.82) is 0 Å². The highest BCUT2D eigenvalue weighted by Gasteiger charge is 2.52. The van der Waals surface area contributed by atoms with Crippen LogP contribution in [0.1, 0.15) is 184 Å². The minimum absolute atomic E-state index is 0.0344. The third-order valence-corrected chi connectivity index (χ3v) is 29.4. The van der Waals surface area contributed by atoms with Gasteiger partial charge in [-0.1, -0.05) is 204 Å². The normalized spacial score (nSPS) is 15.4. The molecule has 0 bridgehead atoms. The minimum Gasteiger partial charge on any atom is -0.493 e. The van der Waals surface area contributed by atoms with Crippen LogP contribution in [0.2, 0.25) is 10.1 Å². The summed E-state index contributed by atoms with van der Waals surface area (Å²) < 4.78 is 48.6. The van der Waals surface area contributed by atoms with E-state index in [4.69, 9.17) is 37.3 Å². The molecular formula is C84H117IN2O12Si2. The molecule has 0 aromatic heterocycles. The second-order valence-corrected chi connectivity index (χ2v) is 42.4. The Kier molecular flexibility index (Phi) is 29.3. The summed E-state index contributed by atoms with van der Waals surface area (Å²) in [4.78, 5) is 40.6. The number of aliphatic hydroxyl groups excluding tert-OH is 1. The zero-order chi connectivity index (χ0) is 74.9. The number of nitrogens with zero attached hydrogens (tertiary/aromatic N) is 2. The highest BCUT2D eigenvalue weighted by molar-refractivity contribution is 14.1. The molecular weight excluding hydrogens is 1410 g/mol. The lowest BCUT2D eigenvalue weighted by Gasteiger charge is -2.43. The predicted octanol–water partition coefficient (Wildman–Crippen LogP) is 17.7. The number of aliphatic hydroxyl groups is 1. The van der Waals surface area contributed by atoms with Crippen molar-refractivity contribution in [3.8, 4) is 23.0 Å². The van der Waals surface area contributed by atoms with Crippen LogP contribution in [0.15, 0.2) is 168 Å². The maximum absolute atomic E-state index is 13.5. The molecule has 0 fully saturated rings. The first kappa shape index (κ1) is 83.2. The van der Waals surface area contributed by atoms with Crippen molar-refractivity contribution in [1.82, 2.24) is 9.80 Å². The molecule has 0 aliphatic carbocycles. The Morgan fingerprint density at radius 1 is 0.515 bits per heavy atom. The number of amides is 2. The lowest BCUT2D eigenvalue weighted by molar-refractivity contribution is -0.109. The molecule has 1 unspecified atom stereocenters. The van der Waals surface area contributed by atoms with E-state index in [1.165, 1.54) is 24.3 Å². The zero-order valence-electron chi connectivity index (χ0n) is 64.3. The van der Waals surface area contributed by atoms with E-state index in [1.807, 2.05) is 65.8 Å². The van der Waals surface area contributed by atoms with E-state index in [0.29, 0.717) is 62.0 Å². The number of hydrogen-bond donors (Lipinski definition) is 1. The van der Waals surface area contributed by atoms with E-state index >= 15 is 0 Å². The molecule has 2 amide bonds. The number of ether oxygens (including phenoxy) is 6. The number of aldehydes is 1. The number of fused-ring (bicyclic) bond motifs is 2. The summed E-state index contributed by atoms with van der Waals surface area (Å²) in [6, 6.07) is 50.0. The number of methoxy groups -OCH3 is 4. The van der Waals surface area contributed by atoms with Crippen LogP contribution in [0.3, 0.4) is 0 Å². The summed E-state index contributed by atoms with van der Waals surface area (Å²) in [5, 5.41) is 16.9. The Labute approximate surface area is 621 Å². The maximum Gasteiger partial charge on any atom is 0.410 e.